The van der Waals surface area contributed by atoms with E-state index in [4.69, 9.17) is 17.3 Å². The SMILES string of the molecule is Cc1cc(C#Cc2cccnc2)c(N)c(Cl)n1. The molecule has 0 saturated heterocycles. The fraction of sp³-hybridized carbons (Fsp3) is 0.0769. The highest BCUT2D eigenvalue weighted by Gasteiger charge is 2.03. The molecule has 0 amide bonds. The predicted molar refractivity (Wildman–Crippen MR) is 68.6 cm³/mol. The van der Waals surface area contributed by atoms with Crippen LogP contribution >= 0.6 is 11.6 Å². The number of hydrogen-bond donors (Lipinski definition) is 1. The van der Waals surface area contributed by atoms with Gasteiger partial charge in [-0.25, -0.2) is 4.98 Å². The lowest BCUT2D eigenvalue weighted by atomic mass is 10.2. The standard InChI is InChI=1S/C13H10ClN3/c1-9-7-11(12(15)13(14)17-9)5-4-10-3-2-6-16-8-10/h2-3,6-8H,15H2,1H3. The minimum absolute atomic E-state index is 0.292. The van der Waals surface area contributed by atoms with Crippen LogP contribution in [0, 0.1) is 18.8 Å². The molecule has 0 spiro atoms. The fourth-order valence-electron chi connectivity index (χ4n) is 1.32. The lowest BCUT2D eigenvalue weighted by Crippen LogP contribution is -1.96. The van der Waals surface area contributed by atoms with E-state index in [0.29, 0.717) is 16.4 Å². The molecule has 2 aromatic rings. The summed E-state index contributed by atoms with van der Waals surface area (Å²) in [6.45, 7) is 1.85. The van der Waals surface area contributed by atoms with Crippen LogP contribution in [-0.2, 0) is 0 Å². The van der Waals surface area contributed by atoms with Crippen LogP contribution in [0.4, 0.5) is 5.69 Å². The second kappa shape index (κ2) is 4.86. The van der Waals surface area contributed by atoms with Crippen molar-refractivity contribution in [1.82, 2.24) is 9.97 Å². The molecule has 2 heterocycles. The van der Waals surface area contributed by atoms with Gasteiger partial charge in [-0.2, -0.15) is 0 Å². The van der Waals surface area contributed by atoms with Crippen LogP contribution in [0.15, 0.2) is 30.6 Å². The van der Waals surface area contributed by atoms with E-state index in [1.165, 1.54) is 0 Å². The molecule has 3 nitrogen and oxygen atoms in total. The lowest BCUT2D eigenvalue weighted by Gasteiger charge is -2.01. The molecule has 0 bridgehead atoms. The topological polar surface area (TPSA) is 51.8 Å². The summed E-state index contributed by atoms with van der Waals surface area (Å²) >= 11 is 5.88. The zero-order valence-corrected chi connectivity index (χ0v) is 9.99. The number of aryl methyl sites for hydroxylation is 1. The monoisotopic (exact) mass is 243 g/mol. The number of nitrogens with two attached hydrogens (primary N) is 1. The van der Waals surface area contributed by atoms with Crippen LogP contribution in [0.25, 0.3) is 0 Å². The molecule has 0 radical (unpaired) electrons. The van der Waals surface area contributed by atoms with Gasteiger partial charge in [0.15, 0.2) is 5.15 Å². The highest BCUT2D eigenvalue weighted by Crippen LogP contribution is 2.20. The van der Waals surface area contributed by atoms with E-state index in [2.05, 4.69) is 21.8 Å². The van der Waals surface area contributed by atoms with Crippen molar-refractivity contribution in [2.24, 2.45) is 0 Å². The number of halogens is 1. The summed E-state index contributed by atoms with van der Waals surface area (Å²) in [5.41, 5.74) is 8.52. The largest absolute Gasteiger partial charge is 0.395 e. The van der Waals surface area contributed by atoms with Gasteiger partial charge < -0.3 is 5.73 Å². The lowest BCUT2D eigenvalue weighted by molar-refractivity contribution is 1.20. The summed E-state index contributed by atoms with van der Waals surface area (Å²) in [5, 5.41) is 0.292. The summed E-state index contributed by atoms with van der Waals surface area (Å²) < 4.78 is 0. The van der Waals surface area contributed by atoms with Crippen molar-refractivity contribution < 1.29 is 0 Å². The Bertz CT molecular complexity index is 597. The molecular formula is C13H10ClN3. The molecule has 2 aromatic heterocycles. The Morgan fingerprint density at radius 3 is 2.88 bits per heavy atom. The van der Waals surface area contributed by atoms with Gasteiger partial charge in [-0.1, -0.05) is 23.4 Å². The van der Waals surface area contributed by atoms with Gasteiger partial charge in [-0.15, -0.1) is 0 Å². The van der Waals surface area contributed by atoms with E-state index in [0.717, 1.165) is 11.3 Å². The molecule has 2 N–H and O–H groups in total. The van der Waals surface area contributed by atoms with Crippen molar-refractivity contribution in [3.05, 3.63) is 52.6 Å². The molecule has 4 heteroatoms. The summed E-state index contributed by atoms with van der Waals surface area (Å²) in [6, 6.07) is 5.52. The van der Waals surface area contributed by atoms with Crippen LogP contribution in [0.3, 0.4) is 0 Å². The molecule has 0 atom stereocenters. The number of nitrogen functional groups attached to an aromatic ring is 1. The maximum atomic E-state index is 5.88. The zero-order chi connectivity index (χ0) is 12.3. The first-order valence-corrected chi connectivity index (χ1v) is 5.39. The Morgan fingerprint density at radius 1 is 1.35 bits per heavy atom. The van der Waals surface area contributed by atoms with Crippen LogP contribution in [-0.4, -0.2) is 9.97 Å². The average molecular weight is 244 g/mol. The zero-order valence-electron chi connectivity index (χ0n) is 9.24. The summed E-state index contributed by atoms with van der Waals surface area (Å²) in [6.07, 6.45) is 3.39. The van der Waals surface area contributed by atoms with Crippen molar-refractivity contribution in [1.29, 1.82) is 0 Å². The van der Waals surface area contributed by atoms with E-state index in [-0.39, 0.29) is 0 Å². The first kappa shape index (κ1) is 11.4. The molecule has 0 aliphatic rings. The van der Waals surface area contributed by atoms with Crippen molar-refractivity contribution in [2.45, 2.75) is 6.92 Å². The van der Waals surface area contributed by atoms with E-state index in [1.54, 1.807) is 12.4 Å². The van der Waals surface area contributed by atoms with Gasteiger partial charge in [0.05, 0.1) is 11.3 Å². The number of rotatable bonds is 0. The van der Waals surface area contributed by atoms with E-state index < -0.39 is 0 Å². The van der Waals surface area contributed by atoms with Crippen LogP contribution in [0.1, 0.15) is 16.8 Å². The Hall–Kier alpha value is -2.05. The Kier molecular flexibility index (Phi) is 3.27. The molecular weight excluding hydrogens is 234 g/mol. The van der Waals surface area contributed by atoms with Crippen molar-refractivity contribution in [3.63, 3.8) is 0 Å². The smallest absolute Gasteiger partial charge is 0.153 e. The number of pyridine rings is 2. The molecule has 84 valence electrons. The van der Waals surface area contributed by atoms with E-state index in [1.807, 2.05) is 25.1 Å². The Labute approximate surface area is 105 Å². The van der Waals surface area contributed by atoms with Crippen LogP contribution in [0.5, 0.6) is 0 Å². The van der Waals surface area contributed by atoms with Gasteiger partial charge in [0.25, 0.3) is 0 Å². The third kappa shape index (κ3) is 2.74. The second-order valence-electron chi connectivity index (χ2n) is 3.51. The molecule has 0 aliphatic carbocycles. The maximum Gasteiger partial charge on any atom is 0.153 e. The quantitative estimate of drug-likeness (QED) is 0.571. The number of nitrogens with zero attached hydrogens (tertiary/aromatic N) is 2. The summed E-state index contributed by atoms with van der Waals surface area (Å²) in [4.78, 5) is 8.03. The predicted octanol–water partition coefficient (Wildman–Crippen LogP) is 2.42. The van der Waals surface area contributed by atoms with Gasteiger partial charge in [0.1, 0.15) is 0 Å². The van der Waals surface area contributed by atoms with Gasteiger partial charge >= 0.3 is 0 Å². The van der Waals surface area contributed by atoms with Gasteiger partial charge in [0, 0.05) is 23.7 Å². The third-order valence-corrected chi connectivity index (χ3v) is 2.43. The van der Waals surface area contributed by atoms with Crippen molar-refractivity contribution >= 4 is 17.3 Å². The molecule has 0 aliphatic heterocycles. The fourth-order valence-corrected chi connectivity index (χ4v) is 1.56. The minimum Gasteiger partial charge on any atom is -0.395 e. The van der Waals surface area contributed by atoms with Gasteiger partial charge in [-0.3, -0.25) is 4.98 Å². The van der Waals surface area contributed by atoms with Crippen molar-refractivity contribution in [3.8, 4) is 11.8 Å². The normalized spacial score (nSPS) is 9.53. The molecule has 0 aromatic carbocycles. The number of anilines is 1. The first-order valence-electron chi connectivity index (χ1n) is 5.01. The average Bonchev–Trinajstić information content (AvgIpc) is 2.33. The highest BCUT2D eigenvalue weighted by atomic mass is 35.5. The molecule has 17 heavy (non-hydrogen) atoms. The summed E-state index contributed by atoms with van der Waals surface area (Å²) in [7, 11) is 0. The van der Waals surface area contributed by atoms with Gasteiger partial charge in [-0.05, 0) is 25.1 Å². The van der Waals surface area contributed by atoms with Crippen molar-refractivity contribution in [2.75, 3.05) is 5.73 Å². The summed E-state index contributed by atoms with van der Waals surface area (Å²) in [5.74, 6) is 5.95. The molecule has 0 fully saturated rings. The molecule has 0 saturated carbocycles. The number of aromatic nitrogens is 2. The van der Waals surface area contributed by atoms with Crippen LogP contribution in [0.2, 0.25) is 5.15 Å². The highest BCUT2D eigenvalue weighted by molar-refractivity contribution is 6.32. The Balaban J connectivity index is 2.41. The second-order valence-corrected chi connectivity index (χ2v) is 3.87. The maximum absolute atomic E-state index is 5.88. The minimum atomic E-state index is 0.292. The van der Waals surface area contributed by atoms with E-state index in [9.17, 15) is 0 Å². The number of hydrogen-bond acceptors (Lipinski definition) is 3. The van der Waals surface area contributed by atoms with Gasteiger partial charge in [0.2, 0.25) is 0 Å². The molecule has 2 rings (SSSR count). The van der Waals surface area contributed by atoms with Crippen LogP contribution < -0.4 is 5.73 Å². The van der Waals surface area contributed by atoms with E-state index >= 15 is 0 Å². The molecule has 0 unspecified atom stereocenters. The third-order valence-electron chi connectivity index (χ3n) is 2.14. The Morgan fingerprint density at radius 2 is 2.18 bits per heavy atom. The first-order chi connectivity index (χ1) is 8.16.